The fourth-order valence-electron chi connectivity index (χ4n) is 1.16. The summed E-state index contributed by atoms with van der Waals surface area (Å²) >= 11 is 0. The van der Waals surface area contributed by atoms with Gasteiger partial charge in [-0.2, -0.15) is 0 Å². The molecule has 4 atom stereocenters. The Labute approximate surface area is 76.9 Å². The Bertz CT molecular complexity index is 149. The normalized spacial score (nSPS) is 40.6. The molecule has 0 aromatic rings. The topological polar surface area (TPSA) is 79.2 Å². The van der Waals surface area contributed by atoms with Crippen LogP contribution in [-0.4, -0.2) is 53.1 Å². The van der Waals surface area contributed by atoms with Crippen molar-refractivity contribution in [3.63, 3.8) is 0 Å². The van der Waals surface area contributed by atoms with Gasteiger partial charge in [-0.1, -0.05) is 6.92 Å². The molecule has 5 heteroatoms. The quantitative estimate of drug-likeness (QED) is 0.526. The fraction of sp³-hybridized carbons (Fsp3) is 1.00. The van der Waals surface area contributed by atoms with Crippen molar-refractivity contribution in [2.45, 2.75) is 37.9 Å². The Kier molecular flexibility index (Phi) is 4.08. The average Bonchev–Trinajstić information content (AvgIpc) is 2.13. The zero-order valence-corrected chi connectivity index (χ0v) is 7.59. The highest BCUT2D eigenvalue weighted by atomic mass is 16.7. The van der Waals surface area contributed by atoms with E-state index in [1.54, 1.807) is 0 Å². The molecule has 1 rings (SSSR count). The van der Waals surface area contributed by atoms with Gasteiger partial charge in [-0.25, -0.2) is 0 Å². The monoisotopic (exact) mass is 192 g/mol. The van der Waals surface area contributed by atoms with Crippen LogP contribution < -0.4 is 0 Å². The van der Waals surface area contributed by atoms with Crippen LogP contribution in [0.2, 0.25) is 0 Å². The number of rotatable bonds is 3. The van der Waals surface area contributed by atoms with E-state index >= 15 is 0 Å². The van der Waals surface area contributed by atoms with Crippen molar-refractivity contribution in [1.82, 2.24) is 0 Å². The van der Waals surface area contributed by atoms with Crippen LogP contribution >= 0.6 is 0 Å². The number of hydrogen-bond acceptors (Lipinski definition) is 5. The summed E-state index contributed by atoms with van der Waals surface area (Å²) in [7, 11) is 0. The van der Waals surface area contributed by atoms with Gasteiger partial charge in [0.25, 0.3) is 0 Å². The number of aliphatic hydroxyl groups excluding tert-OH is 3. The van der Waals surface area contributed by atoms with E-state index < -0.39 is 24.6 Å². The molecule has 1 fully saturated rings. The molecule has 0 amide bonds. The summed E-state index contributed by atoms with van der Waals surface area (Å²) in [6.45, 7) is 2.39. The van der Waals surface area contributed by atoms with E-state index in [1.807, 2.05) is 6.92 Å². The summed E-state index contributed by atoms with van der Waals surface area (Å²) in [5.74, 6) is 0. The van der Waals surface area contributed by atoms with E-state index in [2.05, 4.69) is 0 Å². The van der Waals surface area contributed by atoms with Gasteiger partial charge in [0, 0.05) is 6.61 Å². The molecule has 0 saturated carbocycles. The van der Waals surface area contributed by atoms with Crippen molar-refractivity contribution >= 4 is 0 Å². The molecule has 3 unspecified atom stereocenters. The van der Waals surface area contributed by atoms with E-state index in [0.717, 1.165) is 6.42 Å². The zero-order valence-electron chi connectivity index (χ0n) is 7.59. The van der Waals surface area contributed by atoms with E-state index in [4.69, 9.17) is 14.6 Å². The molecule has 1 aliphatic rings. The van der Waals surface area contributed by atoms with Crippen LogP contribution in [0.1, 0.15) is 13.3 Å². The van der Waals surface area contributed by atoms with Crippen LogP contribution in [0, 0.1) is 0 Å². The number of aliphatic hydroxyl groups is 3. The Balaban J connectivity index is 2.39. The summed E-state index contributed by atoms with van der Waals surface area (Å²) in [5, 5.41) is 27.7. The van der Waals surface area contributed by atoms with Gasteiger partial charge >= 0.3 is 0 Å². The van der Waals surface area contributed by atoms with Crippen LogP contribution in [0.3, 0.4) is 0 Å². The largest absolute Gasteiger partial charge is 0.388 e. The minimum Gasteiger partial charge on any atom is -0.388 e. The lowest BCUT2D eigenvalue weighted by atomic mass is 10.1. The standard InChI is InChI=1S/C8H16O5/c1-2-3-12-8-7(11)6(10)5(9)4-13-8/h5-11H,2-4H2,1H3/t5-,6?,7?,8?/m1/s1. The van der Waals surface area contributed by atoms with Gasteiger partial charge in [-0.05, 0) is 6.42 Å². The highest BCUT2D eigenvalue weighted by molar-refractivity contribution is 4.82. The van der Waals surface area contributed by atoms with E-state index in [0.29, 0.717) is 6.61 Å². The third-order valence-corrected chi connectivity index (χ3v) is 1.94. The molecule has 5 nitrogen and oxygen atoms in total. The first-order chi connectivity index (χ1) is 6.16. The fourth-order valence-corrected chi connectivity index (χ4v) is 1.16. The van der Waals surface area contributed by atoms with Crippen LogP contribution in [0.15, 0.2) is 0 Å². The maximum Gasteiger partial charge on any atom is 0.186 e. The Morgan fingerprint density at radius 3 is 2.62 bits per heavy atom. The van der Waals surface area contributed by atoms with E-state index in [9.17, 15) is 10.2 Å². The van der Waals surface area contributed by atoms with Gasteiger partial charge < -0.3 is 24.8 Å². The van der Waals surface area contributed by atoms with Crippen LogP contribution in [-0.2, 0) is 9.47 Å². The third-order valence-electron chi connectivity index (χ3n) is 1.94. The molecule has 0 spiro atoms. The minimum absolute atomic E-state index is 0.00733. The lowest BCUT2D eigenvalue weighted by Gasteiger charge is -2.34. The molecule has 1 saturated heterocycles. The molecule has 0 aromatic carbocycles. The summed E-state index contributed by atoms with van der Waals surface area (Å²) in [6, 6.07) is 0. The predicted molar refractivity (Wildman–Crippen MR) is 44.0 cm³/mol. The van der Waals surface area contributed by atoms with E-state index in [-0.39, 0.29) is 6.61 Å². The van der Waals surface area contributed by atoms with Crippen molar-refractivity contribution in [3.8, 4) is 0 Å². The highest BCUT2D eigenvalue weighted by Crippen LogP contribution is 2.16. The number of ether oxygens (including phenoxy) is 2. The van der Waals surface area contributed by atoms with Crippen LogP contribution in [0.5, 0.6) is 0 Å². The molecule has 1 heterocycles. The zero-order chi connectivity index (χ0) is 9.84. The summed E-state index contributed by atoms with van der Waals surface area (Å²) < 4.78 is 10.1. The Morgan fingerprint density at radius 2 is 2.00 bits per heavy atom. The molecule has 1 aliphatic heterocycles. The van der Waals surface area contributed by atoms with Gasteiger partial charge in [0.15, 0.2) is 6.29 Å². The maximum absolute atomic E-state index is 9.37. The summed E-state index contributed by atoms with van der Waals surface area (Å²) in [4.78, 5) is 0. The summed E-state index contributed by atoms with van der Waals surface area (Å²) in [5.41, 5.74) is 0. The van der Waals surface area contributed by atoms with Gasteiger partial charge in [-0.15, -0.1) is 0 Å². The van der Waals surface area contributed by atoms with E-state index in [1.165, 1.54) is 0 Å². The molecule has 0 aromatic heterocycles. The second-order valence-electron chi connectivity index (χ2n) is 3.12. The SMILES string of the molecule is CCCOC1OC[C@@H](O)C(O)C1O. The van der Waals surface area contributed by atoms with Crippen molar-refractivity contribution in [2.75, 3.05) is 13.2 Å². The van der Waals surface area contributed by atoms with Gasteiger partial charge in [-0.3, -0.25) is 0 Å². The Morgan fingerprint density at radius 1 is 1.31 bits per heavy atom. The van der Waals surface area contributed by atoms with Gasteiger partial charge in [0.05, 0.1) is 6.61 Å². The molecule has 0 bridgehead atoms. The van der Waals surface area contributed by atoms with Crippen molar-refractivity contribution in [1.29, 1.82) is 0 Å². The molecule has 0 radical (unpaired) electrons. The Hall–Kier alpha value is -0.200. The molecular formula is C8H16O5. The van der Waals surface area contributed by atoms with Crippen LogP contribution in [0.25, 0.3) is 0 Å². The lowest BCUT2D eigenvalue weighted by molar-refractivity contribution is -0.269. The second-order valence-corrected chi connectivity index (χ2v) is 3.12. The smallest absolute Gasteiger partial charge is 0.186 e. The van der Waals surface area contributed by atoms with Crippen LogP contribution in [0.4, 0.5) is 0 Å². The molecule has 0 aliphatic carbocycles. The molecule has 78 valence electrons. The van der Waals surface area contributed by atoms with Gasteiger partial charge in [0.1, 0.15) is 18.3 Å². The van der Waals surface area contributed by atoms with Crippen molar-refractivity contribution in [2.24, 2.45) is 0 Å². The summed E-state index contributed by atoms with van der Waals surface area (Å²) in [6.07, 6.45) is -3.40. The molecule has 3 N–H and O–H groups in total. The van der Waals surface area contributed by atoms with Crippen molar-refractivity contribution in [3.05, 3.63) is 0 Å². The second kappa shape index (κ2) is 4.88. The molecular weight excluding hydrogens is 176 g/mol. The lowest BCUT2D eigenvalue weighted by Crippen LogP contribution is -2.53. The average molecular weight is 192 g/mol. The first-order valence-electron chi connectivity index (χ1n) is 4.44. The first kappa shape index (κ1) is 10.9. The van der Waals surface area contributed by atoms with Gasteiger partial charge in [0.2, 0.25) is 0 Å². The first-order valence-corrected chi connectivity index (χ1v) is 4.44. The molecule has 13 heavy (non-hydrogen) atoms. The highest BCUT2D eigenvalue weighted by Gasteiger charge is 2.37. The maximum atomic E-state index is 9.37. The predicted octanol–water partition coefficient (Wildman–Crippen LogP) is -1.15. The number of hydrogen-bond donors (Lipinski definition) is 3. The van der Waals surface area contributed by atoms with Crippen molar-refractivity contribution < 1.29 is 24.8 Å². The minimum atomic E-state index is -1.18. The third kappa shape index (κ3) is 2.62.